The molecule has 3 heteroatoms. The van der Waals surface area contributed by atoms with Crippen LogP contribution in [0.2, 0.25) is 0 Å². The molecule has 1 unspecified atom stereocenters. The molecule has 0 saturated heterocycles. The summed E-state index contributed by atoms with van der Waals surface area (Å²) in [4.78, 5) is 0. The molecule has 0 saturated carbocycles. The first kappa shape index (κ1) is 11.5. The lowest BCUT2D eigenvalue weighted by molar-refractivity contribution is 0.113. The number of nitriles is 1. The summed E-state index contributed by atoms with van der Waals surface area (Å²) in [6.07, 6.45) is 6.15. The fourth-order valence-electron chi connectivity index (χ4n) is 1.59. The van der Waals surface area contributed by atoms with Crippen LogP contribution in [0, 0.1) is 11.3 Å². The molecule has 1 aliphatic heterocycles. The Hall–Kier alpha value is -1.53. The van der Waals surface area contributed by atoms with Gasteiger partial charge in [-0.05, 0) is 31.1 Å². The van der Waals surface area contributed by atoms with Crippen LogP contribution in [0.4, 0.5) is 0 Å². The molecule has 1 atom stereocenters. The minimum absolute atomic E-state index is 0.148. The average Bonchev–Trinajstić information content (AvgIpc) is 2.26. The zero-order valence-electron chi connectivity index (χ0n) is 9.37. The standard InChI is InChI=1S/C12H16N2O/c1-4-10-8-11(6-5-7-13)12(15-3)14-9(10)2/h5-6,8,12,14H,4H2,1-3H3/b6-5+. The Kier molecular flexibility index (Phi) is 4.14. The van der Waals surface area contributed by atoms with Crippen molar-refractivity contribution in [1.82, 2.24) is 5.32 Å². The molecule has 0 radical (unpaired) electrons. The Morgan fingerprint density at radius 3 is 2.93 bits per heavy atom. The first-order valence-electron chi connectivity index (χ1n) is 4.99. The normalized spacial score (nSPS) is 21.2. The maximum absolute atomic E-state index is 8.49. The minimum atomic E-state index is -0.148. The lowest BCUT2D eigenvalue weighted by Gasteiger charge is -2.26. The molecule has 1 rings (SSSR count). The number of hydrogen-bond donors (Lipinski definition) is 1. The highest BCUT2D eigenvalue weighted by Crippen LogP contribution is 2.20. The van der Waals surface area contributed by atoms with Crippen LogP contribution in [-0.4, -0.2) is 13.3 Å². The Labute approximate surface area is 90.7 Å². The highest BCUT2D eigenvalue weighted by Gasteiger charge is 2.17. The number of dihydropyridines is 1. The summed E-state index contributed by atoms with van der Waals surface area (Å²) in [7, 11) is 1.65. The van der Waals surface area contributed by atoms with Crippen molar-refractivity contribution in [3.8, 4) is 6.07 Å². The van der Waals surface area contributed by atoms with Crippen LogP contribution in [0.15, 0.2) is 35.1 Å². The lowest BCUT2D eigenvalue weighted by atomic mass is 10.0. The van der Waals surface area contributed by atoms with Gasteiger partial charge >= 0.3 is 0 Å². The van der Waals surface area contributed by atoms with Crippen LogP contribution in [0.3, 0.4) is 0 Å². The molecule has 1 heterocycles. The molecule has 80 valence electrons. The Morgan fingerprint density at radius 2 is 2.40 bits per heavy atom. The van der Waals surface area contributed by atoms with E-state index in [-0.39, 0.29) is 6.23 Å². The van der Waals surface area contributed by atoms with Crippen molar-refractivity contribution in [2.24, 2.45) is 0 Å². The maximum atomic E-state index is 8.49. The summed E-state index contributed by atoms with van der Waals surface area (Å²) in [6.45, 7) is 4.14. The van der Waals surface area contributed by atoms with E-state index in [1.807, 2.05) is 13.0 Å². The van der Waals surface area contributed by atoms with Gasteiger partial charge in [0, 0.05) is 24.5 Å². The molecule has 0 amide bonds. The van der Waals surface area contributed by atoms with Crippen molar-refractivity contribution in [2.75, 3.05) is 7.11 Å². The number of rotatable bonds is 3. The van der Waals surface area contributed by atoms with Gasteiger partial charge in [-0.2, -0.15) is 5.26 Å². The van der Waals surface area contributed by atoms with Gasteiger partial charge in [-0.1, -0.05) is 6.92 Å². The molecule has 1 N–H and O–H groups in total. The number of hydrogen-bond acceptors (Lipinski definition) is 3. The SMILES string of the molecule is CCC1=C(C)NC(OC)C(/C=C/C#N)=C1. The van der Waals surface area contributed by atoms with Crippen molar-refractivity contribution in [3.05, 3.63) is 35.1 Å². The molecule has 0 aromatic carbocycles. The molecule has 0 fully saturated rings. The molecule has 3 nitrogen and oxygen atoms in total. The van der Waals surface area contributed by atoms with E-state index >= 15 is 0 Å². The quantitative estimate of drug-likeness (QED) is 0.717. The summed E-state index contributed by atoms with van der Waals surface area (Å²) in [6, 6.07) is 1.98. The van der Waals surface area contributed by atoms with Gasteiger partial charge in [-0.15, -0.1) is 0 Å². The summed E-state index contributed by atoms with van der Waals surface area (Å²) in [5, 5.41) is 11.7. The van der Waals surface area contributed by atoms with Gasteiger partial charge in [0.15, 0.2) is 6.23 Å². The molecule has 0 spiro atoms. The molecular weight excluding hydrogens is 188 g/mol. The Bertz CT molecular complexity index is 358. The van der Waals surface area contributed by atoms with Gasteiger partial charge in [-0.25, -0.2) is 0 Å². The molecule has 15 heavy (non-hydrogen) atoms. The Balaban J connectivity index is 2.97. The van der Waals surface area contributed by atoms with E-state index in [1.54, 1.807) is 13.2 Å². The van der Waals surface area contributed by atoms with Crippen molar-refractivity contribution >= 4 is 0 Å². The van der Waals surface area contributed by atoms with Crippen LogP contribution in [0.1, 0.15) is 20.3 Å². The summed E-state index contributed by atoms with van der Waals surface area (Å²) in [5.74, 6) is 0. The zero-order chi connectivity index (χ0) is 11.3. The fourth-order valence-corrected chi connectivity index (χ4v) is 1.59. The largest absolute Gasteiger partial charge is 0.360 e. The van der Waals surface area contributed by atoms with Crippen molar-refractivity contribution < 1.29 is 4.74 Å². The predicted molar refractivity (Wildman–Crippen MR) is 59.8 cm³/mol. The van der Waals surface area contributed by atoms with Crippen LogP contribution in [-0.2, 0) is 4.74 Å². The van der Waals surface area contributed by atoms with Gasteiger partial charge in [0.25, 0.3) is 0 Å². The number of methoxy groups -OCH3 is 1. The number of nitrogens with one attached hydrogen (secondary N) is 1. The van der Waals surface area contributed by atoms with E-state index in [2.05, 4.69) is 18.3 Å². The van der Waals surface area contributed by atoms with E-state index in [4.69, 9.17) is 10.00 Å². The third kappa shape index (κ3) is 2.71. The van der Waals surface area contributed by atoms with E-state index in [9.17, 15) is 0 Å². The molecule has 0 aromatic rings. The van der Waals surface area contributed by atoms with Crippen LogP contribution in [0.25, 0.3) is 0 Å². The van der Waals surface area contributed by atoms with Crippen LogP contribution in [0.5, 0.6) is 0 Å². The molecule has 1 aliphatic rings. The summed E-state index contributed by atoms with van der Waals surface area (Å²) in [5.41, 5.74) is 3.38. The average molecular weight is 204 g/mol. The van der Waals surface area contributed by atoms with Gasteiger partial charge in [0.1, 0.15) is 0 Å². The summed E-state index contributed by atoms with van der Waals surface area (Å²) < 4.78 is 5.29. The van der Waals surface area contributed by atoms with Gasteiger partial charge in [0.05, 0.1) is 6.07 Å². The second-order valence-corrected chi connectivity index (χ2v) is 3.37. The fraction of sp³-hybridized carbons (Fsp3) is 0.417. The monoisotopic (exact) mass is 204 g/mol. The van der Waals surface area contributed by atoms with Crippen molar-refractivity contribution in [2.45, 2.75) is 26.5 Å². The number of ether oxygens (including phenoxy) is 1. The van der Waals surface area contributed by atoms with Crippen LogP contribution >= 0.6 is 0 Å². The third-order valence-electron chi connectivity index (χ3n) is 2.44. The van der Waals surface area contributed by atoms with Gasteiger partial charge in [-0.3, -0.25) is 0 Å². The Morgan fingerprint density at radius 1 is 1.67 bits per heavy atom. The third-order valence-corrected chi connectivity index (χ3v) is 2.44. The van der Waals surface area contributed by atoms with E-state index in [0.717, 1.165) is 17.7 Å². The predicted octanol–water partition coefficient (Wildman–Crippen LogP) is 2.25. The highest BCUT2D eigenvalue weighted by atomic mass is 16.5. The second kappa shape index (κ2) is 5.38. The zero-order valence-corrected chi connectivity index (χ0v) is 9.37. The van der Waals surface area contributed by atoms with Gasteiger partial charge in [0.2, 0.25) is 0 Å². The number of nitrogens with zero attached hydrogens (tertiary/aromatic N) is 1. The van der Waals surface area contributed by atoms with E-state index in [0.29, 0.717) is 0 Å². The first-order valence-corrected chi connectivity index (χ1v) is 4.99. The van der Waals surface area contributed by atoms with Crippen LogP contribution < -0.4 is 5.32 Å². The highest BCUT2D eigenvalue weighted by molar-refractivity contribution is 5.39. The second-order valence-electron chi connectivity index (χ2n) is 3.37. The topological polar surface area (TPSA) is 45.0 Å². The van der Waals surface area contributed by atoms with E-state index in [1.165, 1.54) is 11.6 Å². The molecule has 0 aliphatic carbocycles. The smallest absolute Gasteiger partial charge is 0.153 e. The van der Waals surface area contributed by atoms with E-state index < -0.39 is 0 Å². The first-order chi connectivity index (χ1) is 7.22. The van der Waals surface area contributed by atoms with Gasteiger partial charge < -0.3 is 10.1 Å². The summed E-state index contributed by atoms with van der Waals surface area (Å²) >= 11 is 0. The molecule has 0 aromatic heterocycles. The molecule has 0 bridgehead atoms. The van der Waals surface area contributed by atoms with Crippen molar-refractivity contribution in [1.29, 1.82) is 5.26 Å². The molecular formula is C12H16N2O. The number of allylic oxidation sites excluding steroid dienone is 4. The van der Waals surface area contributed by atoms with Crippen molar-refractivity contribution in [3.63, 3.8) is 0 Å². The minimum Gasteiger partial charge on any atom is -0.360 e. The lowest BCUT2D eigenvalue weighted by Crippen LogP contribution is -2.34. The maximum Gasteiger partial charge on any atom is 0.153 e.